The summed E-state index contributed by atoms with van der Waals surface area (Å²) in [7, 11) is 0. The van der Waals surface area contributed by atoms with Gasteiger partial charge in [0.2, 0.25) is 11.8 Å². The lowest BCUT2D eigenvalue weighted by Crippen LogP contribution is -2.36. The summed E-state index contributed by atoms with van der Waals surface area (Å²) in [6.45, 7) is 2.10. The minimum atomic E-state index is -0.473. The molecule has 1 aliphatic carbocycles. The Morgan fingerprint density at radius 3 is 2.56 bits per heavy atom. The van der Waals surface area contributed by atoms with Gasteiger partial charge in [-0.15, -0.1) is 0 Å². The monoisotopic (exact) mass is 339 g/mol. The van der Waals surface area contributed by atoms with Crippen molar-refractivity contribution in [1.82, 2.24) is 15.0 Å². The molecule has 6 nitrogen and oxygen atoms in total. The number of amides is 2. The molecule has 0 unspecified atom stereocenters. The lowest BCUT2D eigenvalue weighted by Gasteiger charge is -2.30. The first-order valence-corrected chi connectivity index (χ1v) is 8.82. The summed E-state index contributed by atoms with van der Waals surface area (Å²) in [6, 6.07) is 7.77. The number of nitrogens with zero attached hydrogens (tertiary/aromatic N) is 3. The zero-order chi connectivity index (χ0) is 17.4. The van der Waals surface area contributed by atoms with E-state index < -0.39 is 5.41 Å². The average Bonchev–Trinajstić information content (AvgIpc) is 3.16. The maximum Gasteiger partial charge on any atom is 0.257 e. The molecule has 6 heteroatoms. The van der Waals surface area contributed by atoms with Crippen molar-refractivity contribution in [3.8, 4) is 11.5 Å². The summed E-state index contributed by atoms with van der Waals surface area (Å²) in [5, 5.41) is 3.95. The molecule has 25 heavy (non-hydrogen) atoms. The number of likely N-dealkylation sites (tertiary alicyclic amines) is 1. The number of hydrogen-bond acceptors (Lipinski definition) is 5. The van der Waals surface area contributed by atoms with Gasteiger partial charge in [0.15, 0.2) is 5.82 Å². The number of rotatable bonds is 3. The number of benzene rings is 1. The van der Waals surface area contributed by atoms with Crippen LogP contribution < -0.4 is 0 Å². The van der Waals surface area contributed by atoms with Crippen LogP contribution in [0, 0.1) is 12.3 Å². The van der Waals surface area contributed by atoms with Gasteiger partial charge in [-0.3, -0.25) is 14.5 Å². The van der Waals surface area contributed by atoms with Gasteiger partial charge in [-0.25, -0.2) is 0 Å². The molecule has 1 aromatic heterocycles. The molecule has 2 aliphatic rings. The molecule has 1 aliphatic heterocycles. The van der Waals surface area contributed by atoms with Crippen LogP contribution in [0.4, 0.5) is 0 Å². The summed E-state index contributed by atoms with van der Waals surface area (Å²) in [6.07, 6.45) is 5.14. The van der Waals surface area contributed by atoms with E-state index in [-0.39, 0.29) is 18.4 Å². The molecular formula is C19H21N3O3. The zero-order valence-electron chi connectivity index (χ0n) is 14.3. The van der Waals surface area contributed by atoms with Crippen LogP contribution in [-0.2, 0) is 16.1 Å². The number of hydrogen-bond donors (Lipinski definition) is 0. The first-order valence-electron chi connectivity index (χ1n) is 8.82. The van der Waals surface area contributed by atoms with Crippen molar-refractivity contribution >= 4 is 11.8 Å². The van der Waals surface area contributed by atoms with Crippen LogP contribution in [0.2, 0.25) is 0 Å². The van der Waals surface area contributed by atoms with Crippen molar-refractivity contribution < 1.29 is 14.1 Å². The minimum absolute atomic E-state index is 0.0566. The maximum absolute atomic E-state index is 12.8. The predicted molar refractivity (Wildman–Crippen MR) is 90.2 cm³/mol. The molecular weight excluding hydrogens is 318 g/mol. The number of imide groups is 1. The Balaban J connectivity index is 1.51. The van der Waals surface area contributed by atoms with Gasteiger partial charge in [-0.05, 0) is 31.9 Å². The first-order chi connectivity index (χ1) is 12.1. The number of carbonyl (C=O) groups excluding carboxylic acids is 2. The first kappa shape index (κ1) is 16.0. The molecule has 4 rings (SSSR count). The summed E-state index contributed by atoms with van der Waals surface area (Å²) < 4.78 is 5.30. The van der Waals surface area contributed by atoms with Crippen LogP contribution in [0.15, 0.2) is 28.8 Å². The lowest BCUT2D eigenvalue weighted by molar-refractivity contribution is -0.143. The fourth-order valence-corrected chi connectivity index (χ4v) is 3.91. The standard InChI is InChI=1S/C19H21N3O3/c1-13-5-7-14(8-6-13)17-20-15(21-25-17)12-22-16(23)11-19(18(22)24)9-3-2-4-10-19/h5-8H,2-4,9-12H2,1H3. The van der Waals surface area contributed by atoms with E-state index in [0.717, 1.165) is 43.2 Å². The third kappa shape index (κ3) is 2.86. The largest absolute Gasteiger partial charge is 0.334 e. The van der Waals surface area contributed by atoms with E-state index in [4.69, 9.17) is 4.52 Å². The Bertz CT molecular complexity index is 804. The lowest BCUT2D eigenvalue weighted by atomic mass is 9.73. The van der Waals surface area contributed by atoms with Gasteiger partial charge in [0, 0.05) is 12.0 Å². The van der Waals surface area contributed by atoms with Crippen molar-refractivity contribution in [3.05, 3.63) is 35.7 Å². The molecule has 0 atom stereocenters. The quantitative estimate of drug-likeness (QED) is 0.802. The molecule has 1 spiro atoms. The Morgan fingerprint density at radius 1 is 1.12 bits per heavy atom. The molecule has 2 fully saturated rings. The van der Waals surface area contributed by atoms with Crippen LogP contribution in [0.5, 0.6) is 0 Å². The highest BCUT2D eigenvalue weighted by molar-refractivity contribution is 6.05. The van der Waals surface area contributed by atoms with E-state index in [1.54, 1.807) is 0 Å². The van der Waals surface area contributed by atoms with Gasteiger partial charge in [0.25, 0.3) is 5.89 Å². The van der Waals surface area contributed by atoms with E-state index >= 15 is 0 Å². The maximum atomic E-state index is 12.8. The summed E-state index contributed by atoms with van der Waals surface area (Å²) in [4.78, 5) is 30.9. The Kier molecular flexibility index (Phi) is 3.90. The van der Waals surface area contributed by atoms with Gasteiger partial charge < -0.3 is 4.52 Å². The molecule has 2 aromatic rings. The van der Waals surface area contributed by atoms with Crippen molar-refractivity contribution in [2.45, 2.75) is 52.0 Å². The van der Waals surface area contributed by atoms with Gasteiger partial charge in [-0.1, -0.05) is 42.1 Å². The van der Waals surface area contributed by atoms with Crippen molar-refractivity contribution in [1.29, 1.82) is 0 Å². The second kappa shape index (κ2) is 6.10. The summed E-state index contributed by atoms with van der Waals surface area (Å²) in [5.41, 5.74) is 1.50. The fourth-order valence-electron chi connectivity index (χ4n) is 3.91. The van der Waals surface area contributed by atoms with Gasteiger partial charge in [0.05, 0.1) is 12.0 Å². The molecule has 0 bridgehead atoms. The summed E-state index contributed by atoms with van der Waals surface area (Å²) >= 11 is 0. The molecule has 2 heterocycles. The van der Waals surface area contributed by atoms with Crippen molar-refractivity contribution in [2.24, 2.45) is 5.41 Å². The van der Waals surface area contributed by atoms with Crippen LogP contribution in [0.25, 0.3) is 11.5 Å². The molecule has 1 aromatic carbocycles. The van der Waals surface area contributed by atoms with Crippen LogP contribution in [0.1, 0.15) is 49.9 Å². The second-order valence-electron chi connectivity index (χ2n) is 7.18. The van der Waals surface area contributed by atoms with E-state index in [2.05, 4.69) is 10.1 Å². The number of aryl methyl sites for hydroxylation is 1. The van der Waals surface area contributed by atoms with Crippen LogP contribution >= 0.6 is 0 Å². The van der Waals surface area contributed by atoms with Gasteiger partial charge >= 0.3 is 0 Å². The van der Waals surface area contributed by atoms with E-state index in [1.807, 2.05) is 31.2 Å². The molecule has 2 amide bonds. The minimum Gasteiger partial charge on any atom is -0.334 e. The third-order valence-electron chi connectivity index (χ3n) is 5.37. The number of aromatic nitrogens is 2. The van der Waals surface area contributed by atoms with Crippen LogP contribution in [0.3, 0.4) is 0 Å². The van der Waals surface area contributed by atoms with E-state index in [0.29, 0.717) is 18.1 Å². The smallest absolute Gasteiger partial charge is 0.257 e. The highest BCUT2D eigenvalue weighted by Gasteiger charge is 2.51. The highest BCUT2D eigenvalue weighted by atomic mass is 16.5. The number of carbonyl (C=O) groups is 2. The molecule has 1 saturated heterocycles. The Morgan fingerprint density at radius 2 is 1.84 bits per heavy atom. The topological polar surface area (TPSA) is 76.3 Å². The van der Waals surface area contributed by atoms with Gasteiger partial charge in [0.1, 0.15) is 0 Å². The van der Waals surface area contributed by atoms with Crippen molar-refractivity contribution in [3.63, 3.8) is 0 Å². The molecule has 130 valence electrons. The van der Waals surface area contributed by atoms with E-state index in [1.165, 1.54) is 4.90 Å². The van der Waals surface area contributed by atoms with Crippen molar-refractivity contribution in [2.75, 3.05) is 0 Å². The third-order valence-corrected chi connectivity index (χ3v) is 5.37. The SMILES string of the molecule is Cc1ccc(-c2nc(CN3C(=O)CC4(CCCCC4)C3=O)no2)cc1. The van der Waals surface area contributed by atoms with Crippen LogP contribution in [-0.4, -0.2) is 26.9 Å². The fraction of sp³-hybridized carbons (Fsp3) is 0.474. The highest BCUT2D eigenvalue weighted by Crippen LogP contribution is 2.45. The second-order valence-corrected chi connectivity index (χ2v) is 7.18. The molecule has 0 radical (unpaired) electrons. The van der Waals surface area contributed by atoms with E-state index in [9.17, 15) is 9.59 Å². The normalized spacial score (nSPS) is 19.8. The predicted octanol–water partition coefficient (Wildman–Crippen LogP) is 3.25. The summed E-state index contributed by atoms with van der Waals surface area (Å²) in [5.74, 6) is 0.596. The Hall–Kier alpha value is -2.50. The Labute approximate surface area is 146 Å². The molecule has 0 N–H and O–H groups in total. The van der Waals surface area contributed by atoms with Gasteiger partial charge in [-0.2, -0.15) is 4.98 Å². The zero-order valence-corrected chi connectivity index (χ0v) is 14.3. The molecule has 1 saturated carbocycles. The average molecular weight is 339 g/mol.